The largest absolute Gasteiger partial charge is 0.337 e. The second-order valence-corrected chi connectivity index (χ2v) is 5.52. The van der Waals surface area contributed by atoms with Crippen LogP contribution in [-0.4, -0.2) is 19.4 Å². The fourth-order valence-corrected chi connectivity index (χ4v) is 2.69. The lowest BCUT2D eigenvalue weighted by Crippen LogP contribution is -2.00. The fourth-order valence-electron chi connectivity index (χ4n) is 2.69. The van der Waals surface area contributed by atoms with E-state index in [1.54, 1.807) is 34.9 Å². The fraction of sp³-hybridized carbons (Fsp3) is 0.0556. The number of hydrogen-bond donors (Lipinski definition) is 1. The molecule has 0 fully saturated rings. The number of hydrogen-bond acceptors (Lipinski definition) is 4. The Morgan fingerprint density at radius 2 is 1.84 bits per heavy atom. The molecule has 0 amide bonds. The van der Waals surface area contributed by atoms with Gasteiger partial charge >= 0.3 is 0 Å². The molecule has 0 aliphatic carbocycles. The van der Waals surface area contributed by atoms with Crippen LogP contribution in [0.1, 0.15) is 5.69 Å². The highest BCUT2D eigenvalue weighted by Crippen LogP contribution is 2.25. The zero-order chi connectivity index (χ0) is 17.4. The van der Waals surface area contributed by atoms with Gasteiger partial charge in [0.1, 0.15) is 28.8 Å². The Bertz CT molecular complexity index is 1070. The molecule has 5 nitrogen and oxygen atoms in total. The third-order valence-corrected chi connectivity index (χ3v) is 3.77. The van der Waals surface area contributed by atoms with Gasteiger partial charge in [-0.3, -0.25) is 9.38 Å². The third-order valence-electron chi connectivity index (χ3n) is 3.77. The van der Waals surface area contributed by atoms with Gasteiger partial charge in [-0.25, -0.2) is 18.7 Å². The highest BCUT2D eigenvalue weighted by molar-refractivity contribution is 5.66. The predicted molar refractivity (Wildman–Crippen MR) is 90.6 cm³/mol. The van der Waals surface area contributed by atoms with Crippen LogP contribution in [0.3, 0.4) is 0 Å². The summed E-state index contributed by atoms with van der Waals surface area (Å²) in [6, 6.07) is 9.25. The Kier molecular flexibility index (Phi) is 3.61. The van der Waals surface area contributed by atoms with E-state index < -0.39 is 0 Å². The minimum Gasteiger partial charge on any atom is -0.337 e. The maximum Gasteiger partial charge on any atom is 0.149 e. The van der Waals surface area contributed by atoms with Gasteiger partial charge in [0, 0.05) is 6.20 Å². The average Bonchev–Trinajstić information content (AvgIpc) is 2.92. The number of imidazole rings is 1. The van der Waals surface area contributed by atoms with E-state index in [9.17, 15) is 8.78 Å². The van der Waals surface area contributed by atoms with E-state index in [-0.39, 0.29) is 11.6 Å². The summed E-state index contributed by atoms with van der Waals surface area (Å²) in [6.45, 7) is 1.82. The minimum absolute atomic E-state index is 0.301. The van der Waals surface area contributed by atoms with Gasteiger partial charge in [-0.15, -0.1) is 0 Å². The lowest BCUT2D eigenvalue weighted by atomic mass is 10.2. The molecule has 0 radical (unpaired) electrons. The van der Waals surface area contributed by atoms with E-state index in [1.807, 2.05) is 6.92 Å². The molecule has 1 aromatic carbocycles. The van der Waals surface area contributed by atoms with Crippen molar-refractivity contribution in [1.29, 1.82) is 0 Å². The van der Waals surface area contributed by atoms with E-state index in [0.717, 1.165) is 0 Å². The van der Waals surface area contributed by atoms with Crippen molar-refractivity contribution in [3.8, 4) is 11.4 Å². The second kappa shape index (κ2) is 5.94. The first-order chi connectivity index (χ1) is 12.1. The van der Waals surface area contributed by atoms with Crippen LogP contribution >= 0.6 is 0 Å². The summed E-state index contributed by atoms with van der Waals surface area (Å²) in [6.07, 6.45) is 4.41. The van der Waals surface area contributed by atoms with E-state index >= 15 is 0 Å². The summed E-state index contributed by atoms with van der Waals surface area (Å²) in [7, 11) is 0. The van der Waals surface area contributed by atoms with Gasteiger partial charge in [-0.1, -0.05) is 12.1 Å². The molecule has 7 heteroatoms. The molecule has 4 aromatic rings. The molecule has 3 heterocycles. The first kappa shape index (κ1) is 15.2. The average molecular weight is 337 g/mol. The molecule has 1 N–H and O–H groups in total. The van der Waals surface area contributed by atoms with Crippen LogP contribution in [-0.2, 0) is 0 Å². The van der Waals surface area contributed by atoms with Crippen molar-refractivity contribution in [2.24, 2.45) is 0 Å². The molecule has 0 aliphatic heterocycles. The zero-order valence-corrected chi connectivity index (χ0v) is 13.2. The maximum absolute atomic E-state index is 13.8. The predicted octanol–water partition coefficient (Wildman–Crippen LogP) is 4.12. The SMILES string of the molecule is Cc1nc2ccc(F)cn2c1-c1cncc(Nc2ccccc2F)n1. The lowest BCUT2D eigenvalue weighted by molar-refractivity contribution is 0.619. The van der Waals surface area contributed by atoms with Gasteiger partial charge in [0.2, 0.25) is 0 Å². The Morgan fingerprint density at radius 3 is 2.68 bits per heavy atom. The van der Waals surface area contributed by atoms with Gasteiger partial charge in [-0.05, 0) is 31.2 Å². The topological polar surface area (TPSA) is 55.1 Å². The summed E-state index contributed by atoms with van der Waals surface area (Å²) in [5.41, 5.74) is 2.76. The van der Waals surface area contributed by atoms with Crippen LogP contribution in [0.2, 0.25) is 0 Å². The third kappa shape index (κ3) is 2.80. The number of benzene rings is 1. The lowest BCUT2D eigenvalue weighted by Gasteiger charge is -2.08. The number of anilines is 2. The number of aromatic nitrogens is 4. The van der Waals surface area contributed by atoms with Gasteiger partial charge in [0.25, 0.3) is 0 Å². The van der Waals surface area contributed by atoms with Crippen molar-refractivity contribution in [3.05, 3.63) is 72.3 Å². The Hall–Kier alpha value is -3.35. The smallest absolute Gasteiger partial charge is 0.149 e. The van der Waals surface area contributed by atoms with E-state index in [0.29, 0.717) is 34.2 Å². The van der Waals surface area contributed by atoms with Crippen LogP contribution < -0.4 is 5.32 Å². The van der Waals surface area contributed by atoms with Gasteiger partial charge < -0.3 is 5.32 Å². The Labute approximate surface area is 142 Å². The second-order valence-electron chi connectivity index (χ2n) is 5.52. The molecule has 0 bridgehead atoms. The van der Waals surface area contributed by atoms with Crippen LogP contribution in [0.25, 0.3) is 17.0 Å². The molecule has 0 atom stereocenters. The van der Waals surface area contributed by atoms with Crippen LogP contribution in [0.4, 0.5) is 20.3 Å². The molecule has 0 spiro atoms. The van der Waals surface area contributed by atoms with Crippen molar-refractivity contribution in [3.63, 3.8) is 0 Å². The number of para-hydroxylation sites is 1. The number of nitrogens with zero attached hydrogens (tertiary/aromatic N) is 4. The quantitative estimate of drug-likeness (QED) is 0.611. The maximum atomic E-state index is 13.8. The van der Waals surface area contributed by atoms with Gasteiger partial charge in [-0.2, -0.15) is 0 Å². The molecule has 0 saturated carbocycles. The van der Waals surface area contributed by atoms with Gasteiger partial charge in [0.15, 0.2) is 0 Å². The van der Waals surface area contributed by atoms with E-state index in [4.69, 9.17) is 0 Å². The number of pyridine rings is 1. The number of halogens is 2. The molecule has 25 heavy (non-hydrogen) atoms. The Balaban J connectivity index is 1.79. The summed E-state index contributed by atoms with van der Waals surface area (Å²) in [4.78, 5) is 13.0. The van der Waals surface area contributed by atoms with Crippen molar-refractivity contribution in [1.82, 2.24) is 19.4 Å². The molecule has 3 aromatic heterocycles. The van der Waals surface area contributed by atoms with Crippen molar-refractivity contribution >= 4 is 17.2 Å². The number of nitrogens with one attached hydrogen (secondary N) is 1. The van der Waals surface area contributed by atoms with Crippen LogP contribution in [0.5, 0.6) is 0 Å². The molecule has 124 valence electrons. The number of fused-ring (bicyclic) bond motifs is 1. The number of rotatable bonds is 3. The summed E-state index contributed by atoms with van der Waals surface area (Å²) < 4.78 is 29.0. The normalized spacial score (nSPS) is 11.0. The monoisotopic (exact) mass is 337 g/mol. The van der Waals surface area contributed by atoms with Crippen molar-refractivity contribution in [2.45, 2.75) is 6.92 Å². The van der Waals surface area contributed by atoms with E-state index in [1.165, 1.54) is 24.5 Å². The molecule has 0 unspecified atom stereocenters. The first-order valence-corrected chi connectivity index (χ1v) is 7.60. The Morgan fingerprint density at radius 1 is 1.00 bits per heavy atom. The van der Waals surface area contributed by atoms with E-state index in [2.05, 4.69) is 20.3 Å². The molecular formula is C18H13F2N5. The highest BCUT2D eigenvalue weighted by atomic mass is 19.1. The van der Waals surface area contributed by atoms with Crippen LogP contribution in [0, 0.1) is 18.6 Å². The highest BCUT2D eigenvalue weighted by Gasteiger charge is 2.14. The summed E-state index contributed by atoms with van der Waals surface area (Å²) >= 11 is 0. The minimum atomic E-state index is -0.386. The summed E-state index contributed by atoms with van der Waals surface area (Å²) in [5.74, 6) is -0.379. The summed E-state index contributed by atoms with van der Waals surface area (Å²) in [5, 5.41) is 2.90. The standard InChI is InChI=1S/C18H13F2N5/c1-11-18(25-10-12(19)6-7-17(25)22-11)15-8-21-9-16(24-15)23-14-5-3-2-4-13(14)20/h2-10H,1H3,(H,23,24). The molecule has 0 saturated heterocycles. The van der Waals surface area contributed by atoms with Crippen molar-refractivity contribution < 1.29 is 8.78 Å². The molecular weight excluding hydrogens is 324 g/mol. The zero-order valence-electron chi connectivity index (χ0n) is 13.2. The van der Waals surface area contributed by atoms with Gasteiger partial charge in [0.05, 0.1) is 29.5 Å². The first-order valence-electron chi connectivity index (χ1n) is 7.60. The van der Waals surface area contributed by atoms with Crippen molar-refractivity contribution in [2.75, 3.05) is 5.32 Å². The number of aryl methyl sites for hydroxylation is 1. The molecule has 4 rings (SSSR count). The van der Waals surface area contributed by atoms with Crippen LogP contribution in [0.15, 0.2) is 55.0 Å². The molecule has 0 aliphatic rings.